The van der Waals surface area contributed by atoms with Gasteiger partial charge in [0.2, 0.25) is 0 Å². The number of hydrogen-bond donors (Lipinski definition) is 3. The van der Waals surface area contributed by atoms with Crippen molar-refractivity contribution in [3.63, 3.8) is 0 Å². The van der Waals surface area contributed by atoms with E-state index in [2.05, 4.69) is 6.92 Å². The first kappa shape index (κ1) is 32.7. The summed E-state index contributed by atoms with van der Waals surface area (Å²) in [7, 11) is 1.64. The Morgan fingerprint density at radius 2 is 1.79 bits per heavy atom. The van der Waals surface area contributed by atoms with Crippen LogP contribution in [-0.4, -0.2) is 70.4 Å². The van der Waals surface area contributed by atoms with E-state index in [1.54, 1.807) is 25.3 Å². The monoisotopic (exact) mass is 592 g/mol. The highest BCUT2D eigenvalue weighted by Gasteiger charge is 2.64. The van der Waals surface area contributed by atoms with E-state index in [0.29, 0.717) is 19.3 Å². The highest BCUT2D eigenvalue weighted by Crippen LogP contribution is 2.57. The van der Waals surface area contributed by atoms with Crippen LogP contribution in [0.2, 0.25) is 0 Å². The van der Waals surface area contributed by atoms with E-state index in [1.807, 2.05) is 33.8 Å². The predicted molar refractivity (Wildman–Crippen MR) is 152 cm³/mol. The Balaban J connectivity index is 1.66. The Kier molecular flexibility index (Phi) is 9.65. The lowest BCUT2D eigenvalue weighted by atomic mass is 9.66. The Labute approximate surface area is 248 Å². The van der Waals surface area contributed by atoms with Gasteiger partial charge in [-0.1, -0.05) is 46.8 Å². The van der Waals surface area contributed by atoms with Crippen LogP contribution >= 0.6 is 0 Å². The molecule has 1 aromatic carbocycles. The van der Waals surface area contributed by atoms with Crippen LogP contribution in [0, 0.1) is 23.2 Å². The summed E-state index contributed by atoms with van der Waals surface area (Å²) in [5.74, 6) is -5.11. The van der Waals surface area contributed by atoms with Gasteiger partial charge in [0, 0.05) is 30.8 Å². The summed E-state index contributed by atoms with van der Waals surface area (Å²) in [4.78, 5) is 26.1. The molecule has 0 aromatic heterocycles. The summed E-state index contributed by atoms with van der Waals surface area (Å²) >= 11 is 0. The van der Waals surface area contributed by atoms with Crippen molar-refractivity contribution in [1.82, 2.24) is 0 Å². The van der Waals surface area contributed by atoms with Gasteiger partial charge in [-0.15, -0.1) is 0 Å². The van der Waals surface area contributed by atoms with Crippen LogP contribution in [0.5, 0.6) is 5.75 Å². The summed E-state index contributed by atoms with van der Waals surface area (Å²) in [6, 6.07) is 7.01. The molecule has 0 amide bonds. The molecule has 236 valence electrons. The van der Waals surface area contributed by atoms with Crippen LogP contribution in [0.4, 0.5) is 0 Å². The molecule has 0 aliphatic carbocycles. The van der Waals surface area contributed by atoms with Gasteiger partial charge in [0.1, 0.15) is 18.0 Å². The highest BCUT2D eigenvalue weighted by molar-refractivity contribution is 5.73. The number of aliphatic hydroxyl groups excluding tert-OH is 1. The maximum absolute atomic E-state index is 13.1. The molecule has 0 saturated carbocycles. The van der Waals surface area contributed by atoms with Gasteiger partial charge in [0.15, 0.2) is 11.6 Å². The van der Waals surface area contributed by atoms with Crippen molar-refractivity contribution < 1.29 is 48.6 Å². The van der Waals surface area contributed by atoms with E-state index in [9.17, 15) is 24.9 Å². The quantitative estimate of drug-likeness (QED) is 0.391. The van der Waals surface area contributed by atoms with Gasteiger partial charge in [-0.05, 0) is 49.8 Å². The van der Waals surface area contributed by atoms with Crippen molar-refractivity contribution >= 4 is 11.9 Å². The molecule has 4 rings (SSSR count). The minimum atomic E-state index is -1.88. The first-order valence-electron chi connectivity index (χ1n) is 15.1. The van der Waals surface area contributed by atoms with Crippen LogP contribution in [0.3, 0.4) is 0 Å². The largest absolute Gasteiger partial charge is 0.508 e. The average molecular weight is 593 g/mol. The molecule has 3 N–H and O–H groups in total. The minimum absolute atomic E-state index is 0.0386. The summed E-state index contributed by atoms with van der Waals surface area (Å²) in [5.41, 5.74) is 0.268. The molecule has 8 unspecified atom stereocenters. The maximum atomic E-state index is 13.1. The molecule has 42 heavy (non-hydrogen) atoms. The van der Waals surface area contributed by atoms with Crippen molar-refractivity contribution in [1.29, 1.82) is 0 Å². The molecule has 3 heterocycles. The van der Waals surface area contributed by atoms with Gasteiger partial charge in [-0.2, -0.15) is 0 Å². The van der Waals surface area contributed by atoms with E-state index in [4.69, 9.17) is 23.7 Å². The summed E-state index contributed by atoms with van der Waals surface area (Å²) in [5, 5.41) is 32.0. The van der Waals surface area contributed by atoms with E-state index < -0.39 is 65.7 Å². The second-order valence-corrected chi connectivity index (χ2v) is 13.4. The first-order valence-corrected chi connectivity index (χ1v) is 15.1. The maximum Gasteiger partial charge on any atom is 0.311 e. The molecule has 10 atom stereocenters. The standard InChI is InChI=1S/C32H48O10/c1-18(11-12-24(38-7)22-9-8-10-23(34)13-22)29-20(3)26-16-32(41-29)30(5,6)15-19(2)31(37,42-32)17-28(36)39-25(21(4)33)14-27(35)40-26/h8-10,13,18-21,24-26,29,33-34,37H,11-12,14-17H2,1-7H3/t18?,19?,20?,21?,24?,25?,26?,29?,31-,32-/m0/s1. The molecule has 3 fully saturated rings. The number of aromatic hydroxyl groups is 1. The Morgan fingerprint density at radius 1 is 1.07 bits per heavy atom. The fraction of sp³-hybridized carbons (Fsp3) is 0.750. The van der Waals surface area contributed by atoms with Crippen molar-refractivity contribution in [2.24, 2.45) is 23.2 Å². The Morgan fingerprint density at radius 3 is 2.43 bits per heavy atom. The zero-order valence-corrected chi connectivity index (χ0v) is 25.9. The summed E-state index contributed by atoms with van der Waals surface area (Å²) in [6.07, 6.45) is -2.25. The second kappa shape index (κ2) is 12.4. The number of methoxy groups -OCH3 is 1. The summed E-state index contributed by atoms with van der Waals surface area (Å²) in [6.45, 7) is 11.3. The molecular formula is C32H48O10. The number of rotatable bonds is 7. The minimum Gasteiger partial charge on any atom is -0.508 e. The number of ether oxygens (including phenoxy) is 5. The number of cyclic esters (lactones) is 1. The van der Waals surface area contributed by atoms with Crippen LogP contribution in [0.25, 0.3) is 0 Å². The molecule has 3 aliphatic rings. The number of hydrogen-bond acceptors (Lipinski definition) is 10. The van der Waals surface area contributed by atoms with Gasteiger partial charge >= 0.3 is 11.9 Å². The number of carbonyl (C=O) groups excluding carboxylic acids is 2. The molecule has 1 aromatic rings. The molecular weight excluding hydrogens is 544 g/mol. The number of phenolic OH excluding ortho intramolecular Hbond substituents is 1. The Hall–Kier alpha value is -2.24. The number of phenols is 1. The van der Waals surface area contributed by atoms with Crippen molar-refractivity contribution in [2.45, 2.75) is 122 Å². The van der Waals surface area contributed by atoms with E-state index >= 15 is 0 Å². The van der Waals surface area contributed by atoms with Gasteiger partial charge in [0.05, 0.1) is 31.2 Å². The second-order valence-electron chi connectivity index (χ2n) is 13.4. The zero-order chi connectivity index (χ0) is 31.0. The van der Waals surface area contributed by atoms with Gasteiger partial charge in [-0.3, -0.25) is 9.59 Å². The molecule has 3 bridgehead atoms. The topological polar surface area (TPSA) is 141 Å². The SMILES string of the molecule is COC(CCC(C)C1O[C@@]23CC(OC(=O)CC(C(C)O)OC(=O)C[C@](O)(O2)C(C)CC3(C)C)C1C)c1cccc(O)c1. The lowest BCUT2D eigenvalue weighted by Crippen LogP contribution is -2.68. The smallest absolute Gasteiger partial charge is 0.311 e. The van der Waals surface area contributed by atoms with Crippen LogP contribution < -0.4 is 0 Å². The third-order valence-corrected chi connectivity index (χ3v) is 9.70. The van der Waals surface area contributed by atoms with E-state index in [0.717, 1.165) is 5.56 Å². The average Bonchev–Trinajstić information content (AvgIpc) is 2.88. The molecule has 3 saturated heterocycles. The van der Waals surface area contributed by atoms with Gasteiger partial charge in [-0.25, -0.2) is 0 Å². The molecule has 10 heteroatoms. The van der Waals surface area contributed by atoms with Crippen LogP contribution in [0.15, 0.2) is 24.3 Å². The normalized spacial score (nSPS) is 37.3. The van der Waals surface area contributed by atoms with E-state index in [1.165, 1.54) is 6.92 Å². The summed E-state index contributed by atoms with van der Waals surface area (Å²) < 4.78 is 30.6. The first-order chi connectivity index (χ1) is 19.6. The number of benzene rings is 1. The third-order valence-electron chi connectivity index (χ3n) is 9.70. The third kappa shape index (κ3) is 6.63. The van der Waals surface area contributed by atoms with Gasteiger partial charge < -0.3 is 39.0 Å². The van der Waals surface area contributed by atoms with Crippen LogP contribution in [0.1, 0.15) is 91.7 Å². The predicted octanol–water partition coefficient (Wildman–Crippen LogP) is 4.39. The van der Waals surface area contributed by atoms with Crippen LogP contribution in [-0.2, 0) is 33.3 Å². The molecule has 3 aliphatic heterocycles. The number of carbonyl (C=O) groups is 2. The number of esters is 2. The van der Waals surface area contributed by atoms with Crippen molar-refractivity contribution in [2.75, 3.05) is 7.11 Å². The van der Waals surface area contributed by atoms with E-state index in [-0.39, 0.29) is 36.5 Å². The van der Waals surface area contributed by atoms with Crippen molar-refractivity contribution in [3.8, 4) is 5.75 Å². The zero-order valence-electron chi connectivity index (χ0n) is 25.9. The molecule has 10 nitrogen and oxygen atoms in total. The highest BCUT2D eigenvalue weighted by atomic mass is 16.8. The molecule has 1 spiro atoms. The fourth-order valence-corrected chi connectivity index (χ4v) is 6.97. The number of aliphatic hydroxyl groups is 2. The van der Waals surface area contributed by atoms with Gasteiger partial charge in [0.25, 0.3) is 0 Å². The lowest BCUT2D eigenvalue weighted by Gasteiger charge is -2.61. The Bertz CT molecular complexity index is 1120. The fourth-order valence-electron chi connectivity index (χ4n) is 6.97. The molecule has 0 radical (unpaired) electrons. The lowest BCUT2D eigenvalue weighted by molar-refractivity contribution is -0.452. The van der Waals surface area contributed by atoms with Crippen molar-refractivity contribution in [3.05, 3.63) is 29.8 Å². The number of fused-ring (bicyclic) bond motifs is 2.